The molecule has 5 nitrogen and oxygen atoms in total. The van der Waals surface area contributed by atoms with Crippen LogP contribution in [0.25, 0.3) is 0 Å². The number of carbonyl (C=O) groups is 2. The molecule has 1 aromatic heterocycles. The fourth-order valence-corrected chi connectivity index (χ4v) is 3.02. The maximum atomic E-state index is 12.1. The van der Waals surface area contributed by atoms with E-state index in [1.54, 1.807) is 6.20 Å². The number of nitrogens with zero attached hydrogens (tertiary/aromatic N) is 2. The summed E-state index contributed by atoms with van der Waals surface area (Å²) in [5, 5.41) is 3.43. The molecule has 19 heavy (non-hydrogen) atoms. The monoisotopic (exact) mass is 279 g/mol. The fraction of sp³-hybridized carbons (Fsp3) is 0.615. The van der Waals surface area contributed by atoms with Crippen LogP contribution in [0.1, 0.15) is 24.1 Å². The van der Waals surface area contributed by atoms with Crippen LogP contribution in [0.4, 0.5) is 5.13 Å². The van der Waals surface area contributed by atoms with E-state index in [1.165, 1.54) is 24.2 Å². The van der Waals surface area contributed by atoms with Gasteiger partial charge in [0, 0.05) is 30.6 Å². The zero-order valence-corrected chi connectivity index (χ0v) is 11.7. The Balaban J connectivity index is 1.57. The molecule has 0 bridgehead atoms. The van der Waals surface area contributed by atoms with Crippen molar-refractivity contribution in [2.24, 2.45) is 11.8 Å². The van der Waals surface area contributed by atoms with Gasteiger partial charge in [-0.15, -0.1) is 11.3 Å². The Labute approximate surface area is 116 Å². The van der Waals surface area contributed by atoms with Crippen molar-refractivity contribution >= 4 is 28.3 Å². The highest BCUT2D eigenvalue weighted by atomic mass is 32.1. The number of hydrogen-bond acceptors (Lipinski definition) is 4. The van der Waals surface area contributed by atoms with Gasteiger partial charge in [-0.3, -0.25) is 9.59 Å². The lowest BCUT2D eigenvalue weighted by Crippen LogP contribution is -2.29. The Bertz CT molecular complexity index is 510. The summed E-state index contributed by atoms with van der Waals surface area (Å²) in [7, 11) is 0. The van der Waals surface area contributed by atoms with Crippen molar-refractivity contribution in [3.8, 4) is 0 Å². The molecule has 2 heterocycles. The molecule has 6 heteroatoms. The van der Waals surface area contributed by atoms with Crippen LogP contribution in [0.5, 0.6) is 0 Å². The van der Waals surface area contributed by atoms with E-state index >= 15 is 0 Å². The summed E-state index contributed by atoms with van der Waals surface area (Å²) in [5.41, 5.74) is 0. The third-order valence-corrected chi connectivity index (χ3v) is 4.44. The second-order valence-electron chi connectivity index (χ2n) is 5.41. The second-order valence-corrected chi connectivity index (χ2v) is 6.64. The summed E-state index contributed by atoms with van der Waals surface area (Å²) in [6.45, 7) is 3.34. The van der Waals surface area contributed by atoms with Gasteiger partial charge in [-0.2, -0.15) is 0 Å². The number of amides is 2. The molecule has 2 amide bonds. The minimum atomic E-state index is -0.226. The van der Waals surface area contributed by atoms with E-state index in [1.807, 2.05) is 11.8 Å². The van der Waals surface area contributed by atoms with Gasteiger partial charge in [0.1, 0.15) is 0 Å². The van der Waals surface area contributed by atoms with E-state index in [0.29, 0.717) is 24.0 Å². The Kier molecular flexibility index (Phi) is 3.26. The summed E-state index contributed by atoms with van der Waals surface area (Å²) in [6, 6.07) is 0. The summed E-state index contributed by atoms with van der Waals surface area (Å²) < 4.78 is 0. The first-order chi connectivity index (χ1) is 9.11. The molecular formula is C13H17N3O2S. The number of likely N-dealkylation sites (tertiary alicyclic amines) is 1. The number of aromatic nitrogens is 1. The van der Waals surface area contributed by atoms with Crippen LogP contribution >= 0.6 is 11.3 Å². The number of anilines is 1. The third kappa shape index (κ3) is 2.94. The van der Waals surface area contributed by atoms with E-state index in [9.17, 15) is 9.59 Å². The van der Waals surface area contributed by atoms with E-state index in [-0.39, 0.29) is 17.7 Å². The van der Waals surface area contributed by atoms with E-state index in [0.717, 1.165) is 11.4 Å². The number of nitrogens with one attached hydrogen (secondary N) is 1. The van der Waals surface area contributed by atoms with Crippen molar-refractivity contribution in [2.45, 2.75) is 26.2 Å². The van der Waals surface area contributed by atoms with E-state index in [2.05, 4.69) is 10.3 Å². The van der Waals surface area contributed by atoms with Gasteiger partial charge >= 0.3 is 0 Å². The first kappa shape index (κ1) is 12.6. The van der Waals surface area contributed by atoms with Crippen LogP contribution in [-0.2, 0) is 9.59 Å². The van der Waals surface area contributed by atoms with Crippen LogP contribution in [-0.4, -0.2) is 34.8 Å². The van der Waals surface area contributed by atoms with Crippen molar-refractivity contribution in [1.82, 2.24) is 9.88 Å². The van der Waals surface area contributed by atoms with Crippen LogP contribution in [0.3, 0.4) is 0 Å². The van der Waals surface area contributed by atoms with Crippen molar-refractivity contribution in [1.29, 1.82) is 0 Å². The van der Waals surface area contributed by atoms with Crippen molar-refractivity contribution in [2.75, 3.05) is 18.4 Å². The van der Waals surface area contributed by atoms with Crippen molar-refractivity contribution in [3.63, 3.8) is 0 Å². The minimum absolute atomic E-state index is 0.0824. The predicted molar refractivity (Wildman–Crippen MR) is 72.9 cm³/mol. The smallest absolute Gasteiger partial charge is 0.231 e. The third-order valence-electron chi connectivity index (χ3n) is 3.61. The van der Waals surface area contributed by atoms with Crippen LogP contribution < -0.4 is 5.32 Å². The SMILES string of the molecule is Cc1cnc(NC(=O)C2CC(=O)N(CC3CC3)C2)s1. The highest BCUT2D eigenvalue weighted by Crippen LogP contribution is 2.32. The molecule has 1 saturated heterocycles. The fourth-order valence-electron chi connectivity index (χ4n) is 2.36. The summed E-state index contributed by atoms with van der Waals surface area (Å²) in [4.78, 5) is 31.0. The summed E-state index contributed by atoms with van der Waals surface area (Å²) in [6.07, 6.45) is 4.51. The van der Waals surface area contributed by atoms with Crippen LogP contribution in [0, 0.1) is 18.8 Å². The maximum absolute atomic E-state index is 12.1. The summed E-state index contributed by atoms with van der Waals surface area (Å²) in [5.74, 6) is 0.478. The van der Waals surface area contributed by atoms with Gasteiger partial charge < -0.3 is 10.2 Å². The molecule has 0 aromatic carbocycles. The Morgan fingerprint density at radius 1 is 1.58 bits per heavy atom. The average molecular weight is 279 g/mol. The van der Waals surface area contributed by atoms with Gasteiger partial charge in [-0.25, -0.2) is 4.98 Å². The van der Waals surface area contributed by atoms with Gasteiger partial charge in [-0.05, 0) is 25.7 Å². The van der Waals surface area contributed by atoms with Crippen LogP contribution in [0.2, 0.25) is 0 Å². The second kappa shape index (κ2) is 4.92. The highest BCUT2D eigenvalue weighted by Gasteiger charge is 2.37. The van der Waals surface area contributed by atoms with E-state index < -0.39 is 0 Å². The van der Waals surface area contributed by atoms with Gasteiger partial charge in [-0.1, -0.05) is 0 Å². The summed E-state index contributed by atoms with van der Waals surface area (Å²) >= 11 is 1.46. The van der Waals surface area contributed by atoms with Gasteiger partial charge in [0.2, 0.25) is 11.8 Å². The molecule has 1 unspecified atom stereocenters. The normalized spacial score (nSPS) is 22.9. The number of thiazole rings is 1. The predicted octanol–water partition coefficient (Wildman–Crippen LogP) is 1.65. The van der Waals surface area contributed by atoms with Crippen molar-refractivity contribution in [3.05, 3.63) is 11.1 Å². The number of aryl methyl sites for hydroxylation is 1. The molecule has 0 radical (unpaired) electrons. The lowest BCUT2D eigenvalue weighted by molar-refractivity contribution is -0.128. The molecule has 1 aliphatic carbocycles. The maximum Gasteiger partial charge on any atom is 0.231 e. The van der Waals surface area contributed by atoms with Gasteiger partial charge in [0.25, 0.3) is 0 Å². The van der Waals surface area contributed by atoms with Gasteiger partial charge in [0.05, 0.1) is 5.92 Å². The zero-order chi connectivity index (χ0) is 13.4. The molecule has 2 aliphatic rings. The van der Waals surface area contributed by atoms with Gasteiger partial charge in [0.15, 0.2) is 5.13 Å². The molecule has 1 aromatic rings. The lowest BCUT2D eigenvalue weighted by atomic mass is 10.1. The van der Waals surface area contributed by atoms with Crippen LogP contribution in [0.15, 0.2) is 6.20 Å². The molecule has 0 spiro atoms. The molecule has 3 rings (SSSR count). The molecular weight excluding hydrogens is 262 g/mol. The topological polar surface area (TPSA) is 62.3 Å². The molecule has 1 atom stereocenters. The number of rotatable bonds is 4. The Hall–Kier alpha value is -1.43. The molecule has 102 valence electrons. The number of carbonyl (C=O) groups excluding carboxylic acids is 2. The van der Waals surface area contributed by atoms with Crippen molar-refractivity contribution < 1.29 is 9.59 Å². The molecule has 1 N–H and O–H groups in total. The standard InChI is InChI=1S/C13H17N3O2S/c1-8-5-14-13(19-8)15-12(18)10-4-11(17)16(7-10)6-9-2-3-9/h5,9-10H,2-4,6-7H2,1H3,(H,14,15,18). The van der Waals surface area contributed by atoms with E-state index in [4.69, 9.17) is 0 Å². The lowest BCUT2D eigenvalue weighted by Gasteiger charge is -2.15. The minimum Gasteiger partial charge on any atom is -0.342 e. The molecule has 1 saturated carbocycles. The number of hydrogen-bond donors (Lipinski definition) is 1. The average Bonchev–Trinajstić information content (AvgIpc) is 2.97. The first-order valence-electron chi connectivity index (χ1n) is 6.63. The molecule has 2 fully saturated rings. The Morgan fingerprint density at radius 2 is 2.37 bits per heavy atom. The quantitative estimate of drug-likeness (QED) is 0.911. The largest absolute Gasteiger partial charge is 0.342 e. The molecule has 1 aliphatic heterocycles. The highest BCUT2D eigenvalue weighted by molar-refractivity contribution is 7.15. The first-order valence-corrected chi connectivity index (χ1v) is 7.44. The zero-order valence-electron chi connectivity index (χ0n) is 10.9. The Morgan fingerprint density at radius 3 is 3.00 bits per heavy atom.